The standard InChI is InChI=1S/C15H12ClF3N2O4S/c1-9(22)20-14-7-2-10(8-13(14)16)21-26(23,24)12-5-3-11(4-6-12)25-15(17,18)19/h2-8,21H,1H3,(H,20,22). The fraction of sp³-hybridized carbons (Fsp3) is 0.133. The number of ether oxygens (including phenoxy) is 1. The van der Waals surface area contributed by atoms with Crippen LogP contribution in [-0.4, -0.2) is 20.7 Å². The SMILES string of the molecule is CC(=O)Nc1ccc(NS(=O)(=O)c2ccc(OC(F)(F)F)cc2)cc1Cl. The van der Waals surface area contributed by atoms with Crippen LogP contribution in [0.25, 0.3) is 0 Å². The highest BCUT2D eigenvalue weighted by Crippen LogP contribution is 2.28. The lowest BCUT2D eigenvalue weighted by Crippen LogP contribution is -2.17. The monoisotopic (exact) mass is 408 g/mol. The van der Waals surface area contributed by atoms with Gasteiger partial charge in [-0.3, -0.25) is 9.52 Å². The maximum absolute atomic E-state index is 12.3. The van der Waals surface area contributed by atoms with Crippen LogP contribution in [0.1, 0.15) is 6.92 Å². The van der Waals surface area contributed by atoms with Gasteiger partial charge in [0, 0.05) is 6.92 Å². The molecule has 2 rings (SSSR count). The van der Waals surface area contributed by atoms with E-state index in [0.717, 1.165) is 24.3 Å². The van der Waals surface area contributed by atoms with Crippen molar-refractivity contribution < 1.29 is 31.1 Å². The molecule has 2 aromatic rings. The molecule has 0 aliphatic heterocycles. The highest BCUT2D eigenvalue weighted by atomic mass is 35.5. The van der Waals surface area contributed by atoms with E-state index in [4.69, 9.17) is 11.6 Å². The first-order valence-corrected chi connectivity index (χ1v) is 8.78. The summed E-state index contributed by atoms with van der Waals surface area (Å²) in [5, 5.41) is 2.57. The van der Waals surface area contributed by atoms with Gasteiger partial charge >= 0.3 is 6.36 Å². The van der Waals surface area contributed by atoms with E-state index in [2.05, 4.69) is 14.8 Å². The third-order valence-electron chi connectivity index (χ3n) is 2.90. The number of amides is 1. The molecule has 0 fully saturated rings. The predicted molar refractivity (Wildman–Crippen MR) is 89.7 cm³/mol. The third kappa shape index (κ3) is 5.53. The zero-order valence-corrected chi connectivity index (χ0v) is 14.7. The summed E-state index contributed by atoms with van der Waals surface area (Å²) in [5.74, 6) is -0.888. The third-order valence-corrected chi connectivity index (χ3v) is 4.61. The number of sulfonamides is 1. The van der Waals surface area contributed by atoms with Crippen LogP contribution in [0.15, 0.2) is 47.4 Å². The van der Waals surface area contributed by atoms with Crippen molar-refractivity contribution in [2.75, 3.05) is 10.0 Å². The number of hydrogen-bond donors (Lipinski definition) is 2. The largest absolute Gasteiger partial charge is 0.573 e. The minimum Gasteiger partial charge on any atom is -0.406 e. The zero-order chi connectivity index (χ0) is 19.5. The van der Waals surface area contributed by atoms with Gasteiger partial charge in [0.1, 0.15) is 5.75 Å². The lowest BCUT2D eigenvalue weighted by Gasteiger charge is -2.12. The van der Waals surface area contributed by atoms with Gasteiger partial charge in [-0.2, -0.15) is 0 Å². The maximum atomic E-state index is 12.3. The summed E-state index contributed by atoms with van der Waals surface area (Å²) >= 11 is 5.96. The summed E-state index contributed by atoms with van der Waals surface area (Å²) in [5.41, 5.74) is 0.412. The Kier molecular flexibility index (Phi) is 5.67. The number of benzene rings is 2. The Hall–Kier alpha value is -2.46. The average molecular weight is 409 g/mol. The molecule has 0 aliphatic rings. The van der Waals surface area contributed by atoms with Crippen LogP contribution in [0.5, 0.6) is 5.75 Å². The van der Waals surface area contributed by atoms with Crippen molar-refractivity contribution >= 4 is 38.9 Å². The second kappa shape index (κ2) is 7.42. The van der Waals surface area contributed by atoms with Gasteiger partial charge in [-0.1, -0.05) is 11.6 Å². The van der Waals surface area contributed by atoms with Gasteiger partial charge in [-0.05, 0) is 42.5 Å². The van der Waals surface area contributed by atoms with Crippen molar-refractivity contribution in [1.82, 2.24) is 0 Å². The normalized spacial score (nSPS) is 11.7. The molecule has 0 aromatic heterocycles. The summed E-state index contributed by atoms with van der Waals surface area (Å²) in [7, 11) is -4.06. The summed E-state index contributed by atoms with van der Waals surface area (Å²) < 4.78 is 66.9. The Morgan fingerprint density at radius 2 is 1.73 bits per heavy atom. The van der Waals surface area contributed by atoms with E-state index >= 15 is 0 Å². The van der Waals surface area contributed by atoms with Crippen molar-refractivity contribution in [1.29, 1.82) is 0 Å². The molecule has 0 heterocycles. The molecular formula is C15H12ClF3N2O4S. The van der Waals surface area contributed by atoms with Gasteiger partial charge in [0.15, 0.2) is 0 Å². The molecule has 6 nitrogen and oxygen atoms in total. The highest BCUT2D eigenvalue weighted by Gasteiger charge is 2.31. The molecular weight excluding hydrogens is 397 g/mol. The predicted octanol–water partition coefficient (Wildman–Crippen LogP) is 4.00. The van der Waals surface area contributed by atoms with E-state index in [0.29, 0.717) is 5.69 Å². The molecule has 2 aromatic carbocycles. The van der Waals surface area contributed by atoms with Crippen LogP contribution in [-0.2, 0) is 14.8 Å². The first kappa shape index (κ1) is 19.9. The van der Waals surface area contributed by atoms with Crippen LogP contribution in [0.2, 0.25) is 5.02 Å². The van der Waals surface area contributed by atoms with Crippen molar-refractivity contribution in [3.05, 3.63) is 47.5 Å². The molecule has 0 atom stereocenters. The van der Waals surface area contributed by atoms with Gasteiger partial charge in [0.05, 0.1) is 21.3 Å². The lowest BCUT2D eigenvalue weighted by atomic mass is 10.3. The van der Waals surface area contributed by atoms with Crippen LogP contribution in [0.3, 0.4) is 0 Å². The number of halogens is 4. The molecule has 26 heavy (non-hydrogen) atoms. The Morgan fingerprint density at radius 3 is 2.23 bits per heavy atom. The minimum absolute atomic E-state index is 0.106. The van der Waals surface area contributed by atoms with Gasteiger partial charge in [0.2, 0.25) is 5.91 Å². The molecule has 0 saturated heterocycles. The van der Waals surface area contributed by atoms with Crippen LogP contribution < -0.4 is 14.8 Å². The number of carbonyl (C=O) groups is 1. The first-order valence-electron chi connectivity index (χ1n) is 6.92. The van der Waals surface area contributed by atoms with Crippen LogP contribution >= 0.6 is 11.6 Å². The smallest absolute Gasteiger partial charge is 0.406 e. The van der Waals surface area contributed by atoms with E-state index < -0.39 is 22.1 Å². The lowest BCUT2D eigenvalue weighted by molar-refractivity contribution is -0.274. The van der Waals surface area contributed by atoms with Crippen molar-refractivity contribution in [2.24, 2.45) is 0 Å². The number of nitrogens with one attached hydrogen (secondary N) is 2. The van der Waals surface area contributed by atoms with E-state index in [1.54, 1.807) is 0 Å². The summed E-state index contributed by atoms with van der Waals surface area (Å²) in [6.45, 7) is 1.29. The fourth-order valence-electron chi connectivity index (χ4n) is 1.90. The summed E-state index contributed by atoms with van der Waals surface area (Å²) in [4.78, 5) is 10.7. The van der Waals surface area contributed by atoms with Crippen molar-refractivity contribution in [2.45, 2.75) is 18.2 Å². The van der Waals surface area contributed by atoms with Gasteiger partial charge in [-0.25, -0.2) is 8.42 Å². The fourth-order valence-corrected chi connectivity index (χ4v) is 3.18. The molecule has 0 saturated carbocycles. The minimum atomic E-state index is -4.87. The van der Waals surface area contributed by atoms with Gasteiger partial charge < -0.3 is 10.1 Å². The number of hydrogen-bond acceptors (Lipinski definition) is 4. The number of rotatable bonds is 5. The Balaban J connectivity index is 2.18. The first-order chi connectivity index (χ1) is 12.0. The molecule has 0 unspecified atom stereocenters. The van der Waals surface area contributed by atoms with Gasteiger partial charge in [-0.15, -0.1) is 13.2 Å². The molecule has 0 radical (unpaired) electrons. The quantitative estimate of drug-likeness (QED) is 0.783. The molecule has 0 spiro atoms. The zero-order valence-electron chi connectivity index (χ0n) is 13.1. The van der Waals surface area contributed by atoms with E-state index in [-0.39, 0.29) is 21.5 Å². The molecule has 0 bridgehead atoms. The second-order valence-corrected chi connectivity index (χ2v) is 7.09. The second-order valence-electron chi connectivity index (χ2n) is 5.00. The topological polar surface area (TPSA) is 84.5 Å². The van der Waals surface area contributed by atoms with Crippen molar-refractivity contribution in [3.8, 4) is 5.75 Å². The molecule has 2 N–H and O–H groups in total. The average Bonchev–Trinajstić information content (AvgIpc) is 2.48. The maximum Gasteiger partial charge on any atom is 0.573 e. The number of carbonyl (C=O) groups excluding carboxylic acids is 1. The van der Waals surface area contributed by atoms with Crippen LogP contribution in [0, 0.1) is 0 Å². The van der Waals surface area contributed by atoms with Crippen LogP contribution in [0.4, 0.5) is 24.5 Å². The summed E-state index contributed by atoms with van der Waals surface area (Å²) in [6.07, 6.45) is -4.87. The number of alkyl halides is 3. The molecule has 140 valence electrons. The molecule has 1 amide bonds. The molecule has 11 heteroatoms. The Morgan fingerprint density at radius 1 is 1.12 bits per heavy atom. The van der Waals surface area contributed by atoms with Gasteiger partial charge in [0.25, 0.3) is 10.0 Å². The van der Waals surface area contributed by atoms with Crippen molar-refractivity contribution in [3.63, 3.8) is 0 Å². The molecule has 0 aliphatic carbocycles. The Bertz CT molecular complexity index is 915. The van der Waals surface area contributed by atoms with E-state index in [1.807, 2.05) is 0 Å². The highest BCUT2D eigenvalue weighted by molar-refractivity contribution is 7.92. The van der Waals surface area contributed by atoms with E-state index in [9.17, 15) is 26.4 Å². The Labute approximate surface area is 152 Å². The number of anilines is 2. The van der Waals surface area contributed by atoms with E-state index in [1.165, 1.54) is 25.1 Å². The summed E-state index contributed by atoms with van der Waals surface area (Å²) in [6, 6.07) is 7.76.